The van der Waals surface area contributed by atoms with E-state index in [0.717, 1.165) is 6.07 Å². The summed E-state index contributed by atoms with van der Waals surface area (Å²) in [6.45, 7) is 5.46. The maximum absolute atomic E-state index is 9.33. The first-order valence-electron chi connectivity index (χ1n) is 20.4. The molecule has 0 spiro atoms. The van der Waals surface area contributed by atoms with Crippen LogP contribution in [0.2, 0.25) is 0 Å². The highest BCUT2D eigenvalue weighted by molar-refractivity contribution is 6.16. The number of fused-ring (bicyclic) bond motifs is 5. The Morgan fingerprint density at radius 1 is 0.947 bits per heavy atom. The lowest BCUT2D eigenvalue weighted by molar-refractivity contribution is 0.224. The summed E-state index contributed by atoms with van der Waals surface area (Å²) in [7, 11) is 0. The lowest BCUT2D eigenvalue weighted by atomic mass is 9.71. The summed E-state index contributed by atoms with van der Waals surface area (Å²) >= 11 is 0. The van der Waals surface area contributed by atoms with E-state index >= 15 is 0 Å². The highest BCUT2D eigenvalue weighted by Crippen LogP contribution is 2.43. The van der Waals surface area contributed by atoms with Gasteiger partial charge in [-0.15, -0.1) is 0 Å². The van der Waals surface area contributed by atoms with Gasteiger partial charge in [0.25, 0.3) is 0 Å². The monoisotopic (exact) mass is 513 g/mol. The van der Waals surface area contributed by atoms with E-state index in [1.54, 1.807) is 0 Å². The van der Waals surface area contributed by atoms with Crippen molar-refractivity contribution in [1.29, 1.82) is 5.41 Å². The Labute approximate surface area is 247 Å². The van der Waals surface area contributed by atoms with Crippen molar-refractivity contribution in [2.24, 2.45) is 5.41 Å². The van der Waals surface area contributed by atoms with E-state index in [1.807, 2.05) is 0 Å². The third kappa shape index (κ3) is 4.49. The zero-order valence-corrected chi connectivity index (χ0v) is 21.3. The molecule has 190 valence electrons. The number of hydrogen-bond acceptors (Lipinski definition) is 2. The average Bonchev–Trinajstić information content (AvgIpc) is 3.52. The second kappa shape index (κ2) is 9.76. The number of nitrogens with one attached hydrogen (secondary N) is 1. The van der Waals surface area contributed by atoms with Gasteiger partial charge in [-0.05, 0) is 83.7 Å². The first kappa shape index (κ1) is 12.3. The molecular weight excluding hydrogens is 462 g/mol. The molecule has 5 aromatic rings. The Bertz CT molecular complexity index is 2540. The van der Waals surface area contributed by atoms with Crippen LogP contribution in [-0.2, 0) is 0 Å². The van der Waals surface area contributed by atoms with Crippen molar-refractivity contribution >= 4 is 50.0 Å². The lowest BCUT2D eigenvalue weighted by Gasteiger charge is -2.34. The van der Waals surface area contributed by atoms with E-state index in [1.165, 1.54) is 6.92 Å². The summed E-state index contributed by atoms with van der Waals surface area (Å²) in [5.74, 6) is -1.43. The van der Waals surface area contributed by atoms with Gasteiger partial charge in [-0.2, -0.15) is 0 Å². The van der Waals surface area contributed by atoms with Gasteiger partial charge in [0.15, 0.2) is 0 Å². The van der Waals surface area contributed by atoms with Gasteiger partial charge in [0.2, 0.25) is 0 Å². The smallest absolute Gasteiger partial charge is 0.143 e. The van der Waals surface area contributed by atoms with Crippen LogP contribution in [0.3, 0.4) is 0 Å². The Hall–Kier alpha value is -3.91. The molecule has 0 atom stereocenters. The molecule has 1 heterocycles. The van der Waals surface area contributed by atoms with Gasteiger partial charge in [0.05, 0.1) is 20.6 Å². The molecule has 4 aromatic carbocycles. The molecule has 2 heteroatoms. The van der Waals surface area contributed by atoms with Gasteiger partial charge in [0.1, 0.15) is 11.2 Å². The summed E-state index contributed by atoms with van der Waals surface area (Å²) in [6, 6.07) is -7.18. The number of allylic oxidation sites excluding steroid dienone is 4. The quantitative estimate of drug-likeness (QED) is 0.184. The second-order valence-electron chi connectivity index (χ2n) is 10.2. The van der Waals surface area contributed by atoms with E-state index in [4.69, 9.17) is 29.0 Å². The zero-order chi connectivity index (χ0) is 40.3. The predicted octanol–water partition coefficient (Wildman–Crippen LogP) is 10.6. The van der Waals surface area contributed by atoms with Crippen LogP contribution in [0.1, 0.15) is 91.0 Å². The topological polar surface area (TPSA) is 37.0 Å². The maximum Gasteiger partial charge on any atom is 0.143 e. The van der Waals surface area contributed by atoms with Crippen molar-refractivity contribution < 1.29 is 26.3 Å². The van der Waals surface area contributed by atoms with E-state index in [2.05, 4.69) is 13.8 Å². The van der Waals surface area contributed by atoms with Crippen molar-refractivity contribution in [2.75, 3.05) is 0 Å². The summed E-state index contributed by atoms with van der Waals surface area (Å²) in [5, 5.41) is 7.13. The van der Waals surface area contributed by atoms with Crippen LogP contribution in [-0.4, -0.2) is 6.19 Å². The van der Waals surface area contributed by atoms with E-state index in [0.29, 0.717) is 12.8 Å². The van der Waals surface area contributed by atoms with Crippen LogP contribution in [0.15, 0.2) is 95.1 Å². The van der Waals surface area contributed by atoms with Crippen LogP contribution < -0.4 is 0 Å². The second-order valence-corrected chi connectivity index (χ2v) is 10.2. The van der Waals surface area contributed by atoms with Gasteiger partial charge >= 0.3 is 0 Å². The van der Waals surface area contributed by atoms with Gasteiger partial charge < -0.3 is 9.83 Å². The fraction of sp³-hybridized carbons (Fsp3) is 0.250. The first-order chi connectivity index (χ1) is 25.0. The third-order valence-electron chi connectivity index (χ3n) is 7.13. The first-order valence-corrected chi connectivity index (χ1v) is 12.4. The van der Waals surface area contributed by atoms with Gasteiger partial charge in [0, 0.05) is 29.3 Å². The van der Waals surface area contributed by atoms with E-state index in [9.17, 15) is 2.74 Å². The normalized spacial score (nSPS) is 24.2. The SMILES string of the molecule is [2H]C(=N)/C([2H])=C(\C([2H])=C(/C)c1cc([2H])c([2H])c2c1oc1c3c([2H])c([2H])c([2H])c([2H])c3c([2H])c([2H])c12)c1c([2H])c([2H])c(C2([2H])CCC(C)(C)CC2)c([2H])c1[2H]. The minimum Gasteiger partial charge on any atom is -0.455 e. The molecular formula is C36H35NO. The van der Waals surface area contributed by atoms with Crippen LogP contribution in [0.5, 0.6) is 0 Å². The molecule has 0 radical (unpaired) electrons. The zero-order valence-electron chi connectivity index (χ0n) is 37.3. The molecule has 6 rings (SSSR count). The van der Waals surface area contributed by atoms with Crippen LogP contribution in [0, 0.1) is 10.8 Å². The molecule has 1 fully saturated rings. The highest BCUT2D eigenvalue weighted by Gasteiger charge is 2.27. The number of benzene rings is 4. The number of hydrogen-bond donors (Lipinski definition) is 1. The van der Waals surface area contributed by atoms with E-state index in [-0.39, 0.29) is 67.7 Å². The van der Waals surface area contributed by atoms with Crippen LogP contribution in [0.4, 0.5) is 0 Å². The maximum atomic E-state index is 9.33. The summed E-state index contributed by atoms with van der Waals surface area (Å²) in [4.78, 5) is 0. The van der Waals surface area contributed by atoms with Gasteiger partial charge in [-0.25, -0.2) is 0 Å². The Morgan fingerprint density at radius 2 is 1.66 bits per heavy atom. The molecule has 0 aliphatic heterocycles. The minimum atomic E-state index is -1.43. The average molecular weight is 514 g/mol. The van der Waals surface area contributed by atoms with Crippen LogP contribution >= 0.6 is 0 Å². The molecule has 0 saturated heterocycles. The Balaban J connectivity index is 1.69. The molecule has 2 nitrogen and oxygen atoms in total. The Kier molecular flexibility index (Phi) is 3.16. The molecule has 1 saturated carbocycles. The molecule has 1 aliphatic rings. The standard InChI is InChI=1S/C36H35NO/c1-24(23-29(19-22-37)26-13-11-25(12-14-26)27-17-20-36(2,3)21-18-27)30-9-6-10-32-33-16-15-28-7-4-5-8-31(28)35(33)38-34(30)32/h4-16,19,22-23,27,37H,17-18,20-21H2,1-3H3/b24-23+,29-19+,37-22?/i4D,5D,6D,7D,8D,10D,11D,12D,13D,14D,15D,16D,19D,22D,23D,27D. The fourth-order valence-corrected chi connectivity index (χ4v) is 4.83. The molecule has 0 unspecified atom stereocenters. The fourth-order valence-electron chi connectivity index (χ4n) is 4.83. The van der Waals surface area contributed by atoms with Crippen molar-refractivity contribution in [1.82, 2.24) is 0 Å². The van der Waals surface area contributed by atoms with Crippen molar-refractivity contribution in [3.05, 3.63) is 107 Å². The third-order valence-corrected chi connectivity index (χ3v) is 7.13. The number of furan rings is 1. The Morgan fingerprint density at radius 3 is 2.42 bits per heavy atom. The summed E-state index contributed by atoms with van der Waals surface area (Å²) < 4.78 is 146. The van der Waals surface area contributed by atoms with Crippen molar-refractivity contribution in [3.8, 4) is 0 Å². The number of para-hydroxylation sites is 1. The highest BCUT2D eigenvalue weighted by atomic mass is 16.3. The largest absolute Gasteiger partial charge is 0.455 e. The van der Waals surface area contributed by atoms with Gasteiger partial charge in [-0.1, -0.05) is 92.4 Å². The van der Waals surface area contributed by atoms with Crippen molar-refractivity contribution in [2.45, 2.75) is 52.3 Å². The minimum absolute atomic E-state index is 0.0688. The van der Waals surface area contributed by atoms with Crippen LogP contribution in [0.25, 0.3) is 43.9 Å². The number of rotatable bonds is 5. The van der Waals surface area contributed by atoms with Gasteiger partial charge in [-0.3, -0.25) is 0 Å². The summed E-state index contributed by atoms with van der Waals surface area (Å²) in [6.07, 6.45) is 0.695. The van der Waals surface area contributed by atoms with Crippen molar-refractivity contribution in [3.63, 3.8) is 0 Å². The summed E-state index contributed by atoms with van der Waals surface area (Å²) in [5.41, 5.74) is -2.00. The molecule has 1 aromatic heterocycles. The molecule has 38 heavy (non-hydrogen) atoms. The molecule has 1 N–H and O–H groups in total. The predicted molar refractivity (Wildman–Crippen MR) is 163 cm³/mol. The molecule has 0 amide bonds. The van der Waals surface area contributed by atoms with E-state index < -0.39 is 108 Å². The molecule has 0 bridgehead atoms. The lowest BCUT2D eigenvalue weighted by Crippen LogP contribution is -2.20. The molecule has 1 aliphatic carbocycles.